The molecule has 0 radical (unpaired) electrons. The predicted molar refractivity (Wildman–Crippen MR) is 76.9 cm³/mol. The van der Waals surface area contributed by atoms with Gasteiger partial charge in [-0.15, -0.1) is 0 Å². The lowest BCUT2D eigenvalue weighted by Crippen LogP contribution is -2.30. The van der Waals surface area contributed by atoms with E-state index in [1.807, 2.05) is 24.3 Å². The largest absolute Gasteiger partial charge is 0.326 e. The zero-order valence-electron chi connectivity index (χ0n) is 11.5. The van der Waals surface area contributed by atoms with Crippen LogP contribution in [0.4, 0.5) is 0 Å². The fraction of sp³-hybridized carbons (Fsp3) is 0.571. The van der Waals surface area contributed by atoms with Crippen LogP contribution in [0, 0.1) is 11.8 Å². The van der Waals surface area contributed by atoms with Crippen LogP contribution in [-0.2, 0) is 22.3 Å². The Bertz CT molecular complexity index is 532. The Morgan fingerprint density at radius 2 is 1.79 bits per heavy atom. The quantitative estimate of drug-likeness (QED) is 0.911. The van der Waals surface area contributed by atoms with Gasteiger partial charge in [-0.3, -0.25) is 0 Å². The Labute approximate surface area is 115 Å². The van der Waals surface area contributed by atoms with Gasteiger partial charge in [-0.25, -0.2) is 12.7 Å². The molecular weight excluding hydrogens is 260 g/mol. The Hall–Kier alpha value is -0.910. The topological polar surface area (TPSA) is 63.4 Å². The van der Waals surface area contributed by atoms with Crippen molar-refractivity contribution in [2.45, 2.75) is 26.1 Å². The standard InChI is InChI=1S/C14H22N2O2S/c1-11-8-16(9-12(11)2)19(17,18)10-14-5-3-4-13(6-14)7-15/h3-6,11-12H,7-10,15H2,1-2H3. The molecule has 0 bridgehead atoms. The summed E-state index contributed by atoms with van der Waals surface area (Å²) in [6.45, 7) is 5.93. The van der Waals surface area contributed by atoms with Crippen LogP contribution in [0.1, 0.15) is 25.0 Å². The number of hydrogen-bond acceptors (Lipinski definition) is 3. The first-order chi connectivity index (χ1) is 8.92. The van der Waals surface area contributed by atoms with Gasteiger partial charge in [0.1, 0.15) is 0 Å². The van der Waals surface area contributed by atoms with E-state index in [0.717, 1.165) is 11.1 Å². The minimum atomic E-state index is -3.21. The molecule has 1 aromatic rings. The molecule has 0 aromatic heterocycles. The third kappa shape index (κ3) is 3.35. The summed E-state index contributed by atoms with van der Waals surface area (Å²) >= 11 is 0. The fourth-order valence-corrected chi connectivity index (χ4v) is 4.16. The molecule has 0 amide bonds. The van der Waals surface area contributed by atoms with Gasteiger partial charge < -0.3 is 5.73 Å². The molecule has 1 fully saturated rings. The lowest BCUT2D eigenvalue weighted by Gasteiger charge is -2.16. The second-order valence-electron chi connectivity index (χ2n) is 5.55. The molecule has 1 aromatic carbocycles. The van der Waals surface area contributed by atoms with Crippen LogP contribution >= 0.6 is 0 Å². The Balaban J connectivity index is 2.13. The molecule has 2 unspecified atom stereocenters. The van der Waals surface area contributed by atoms with E-state index in [1.165, 1.54) is 0 Å². The highest BCUT2D eigenvalue weighted by atomic mass is 32.2. The number of benzene rings is 1. The maximum Gasteiger partial charge on any atom is 0.218 e. The van der Waals surface area contributed by atoms with Gasteiger partial charge in [0.15, 0.2) is 0 Å². The number of nitrogens with zero attached hydrogens (tertiary/aromatic N) is 1. The normalized spacial score (nSPS) is 24.8. The first kappa shape index (κ1) is 14.5. The summed E-state index contributed by atoms with van der Waals surface area (Å²) in [7, 11) is -3.21. The molecule has 1 aliphatic rings. The summed E-state index contributed by atoms with van der Waals surface area (Å²) in [5, 5.41) is 0. The van der Waals surface area contributed by atoms with E-state index in [9.17, 15) is 8.42 Å². The monoisotopic (exact) mass is 282 g/mol. The minimum Gasteiger partial charge on any atom is -0.326 e. The summed E-state index contributed by atoms with van der Waals surface area (Å²) in [4.78, 5) is 0. The molecule has 4 nitrogen and oxygen atoms in total. The summed E-state index contributed by atoms with van der Waals surface area (Å²) in [5.41, 5.74) is 7.36. The van der Waals surface area contributed by atoms with Crippen LogP contribution < -0.4 is 5.73 Å². The molecule has 106 valence electrons. The summed E-state index contributed by atoms with van der Waals surface area (Å²) < 4.78 is 26.4. The van der Waals surface area contributed by atoms with Crippen LogP contribution in [0.2, 0.25) is 0 Å². The Morgan fingerprint density at radius 1 is 1.21 bits per heavy atom. The van der Waals surface area contributed by atoms with Crippen molar-refractivity contribution in [2.75, 3.05) is 13.1 Å². The van der Waals surface area contributed by atoms with E-state index < -0.39 is 10.0 Å². The maximum absolute atomic E-state index is 12.4. The fourth-order valence-electron chi connectivity index (χ4n) is 2.45. The second kappa shape index (κ2) is 5.61. The van der Waals surface area contributed by atoms with E-state index in [1.54, 1.807) is 4.31 Å². The average molecular weight is 282 g/mol. The van der Waals surface area contributed by atoms with Gasteiger partial charge in [-0.05, 0) is 23.0 Å². The molecule has 0 spiro atoms. The SMILES string of the molecule is CC1CN(S(=O)(=O)Cc2cccc(CN)c2)CC1C. The Kier molecular flexibility index (Phi) is 4.28. The van der Waals surface area contributed by atoms with E-state index >= 15 is 0 Å². The number of sulfonamides is 1. The third-order valence-corrected chi connectivity index (χ3v) is 5.71. The van der Waals surface area contributed by atoms with Crippen molar-refractivity contribution < 1.29 is 8.42 Å². The zero-order chi connectivity index (χ0) is 14.0. The smallest absolute Gasteiger partial charge is 0.218 e. The predicted octanol–water partition coefficient (Wildman–Crippen LogP) is 1.56. The molecule has 0 saturated carbocycles. The number of nitrogens with two attached hydrogens (primary N) is 1. The molecule has 19 heavy (non-hydrogen) atoms. The molecule has 1 saturated heterocycles. The highest BCUT2D eigenvalue weighted by Crippen LogP contribution is 2.26. The minimum absolute atomic E-state index is 0.0697. The molecule has 2 rings (SSSR count). The van der Waals surface area contributed by atoms with Gasteiger partial charge in [0.25, 0.3) is 0 Å². The van der Waals surface area contributed by atoms with Crippen LogP contribution in [0.3, 0.4) is 0 Å². The van der Waals surface area contributed by atoms with Gasteiger partial charge in [0.05, 0.1) is 5.75 Å². The van der Waals surface area contributed by atoms with Crippen LogP contribution in [0.15, 0.2) is 24.3 Å². The number of rotatable bonds is 4. The first-order valence-corrected chi connectivity index (χ1v) is 8.29. The van der Waals surface area contributed by atoms with E-state index in [-0.39, 0.29) is 5.75 Å². The van der Waals surface area contributed by atoms with Crippen molar-refractivity contribution in [1.29, 1.82) is 0 Å². The molecular formula is C14H22N2O2S. The Morgan fingerprint density at radius 3 is 2.37 bits per heavy atom. The van der Waals surface area contributed by atoms with Crippen LogP contribution in [0.25, 0.3) is 0 Å². The summed E-state index contributed by atoms with van der Waals surface area (Å²) in [6.07, 6.45) is 0. The number of hydrogen-bond donors (Lipinski definition) is 1. The molecule has 1 heterocycles. The summed E-state index contributed by atoms with van der Waals surface area (Å²) in [5.74, 6) is 0.940. The van der Waals surface area contributed by atoms with Crippen molar-refractivity contribution in [1.82, 2.24) is 4.31 Å². The van der Waals surface area contributed by atoms with Crippen molar-refractivity contribution in [2.24, 2.45) is 17.6 Å². The van der Waals surface area contributed by atoms with Gasteiger partial charge in [-0.2, -0.15) is 0 Å². The highest BCUT2D eigenvalue weighted by molar-refractivity contribution is 7.88. The van der Waals surface area contributed by atoms with Crippen LogP contribution in [0.5, 0.6) is 0 Å². The average Bonchev–Trinajstić information content (AvgIpc) is 2.70. The van der Waals surface area contributed by atoms with Crippen molar-refractivity contribution in [3.63, 3.8) is 0 Å². The summed E-state index contributed by atoms with van der Waals surface area (Å²) in [6, 6.07) is 7.50. The van der Waals surface area contributed by atoms with Crippen molar-refractivity contribution in [3.8, 4) is 0 Å². The lowest BCUT2D eigenvalue weighted by atomic mass is 10.0. The van der Waals surface area contributed by atoms with Gasteiger partial charge in [-0.1, -0.05) is 38.1 Å². The molecule has 0 aliphatic carbocycles. The van der Waals surface area contributed by atoms with Gasteiger partial charge in [0.2, 0.25) is 10.0 Å². The van der Waals surface area contributed by atoms with Gasteiger partial charge in [0, 0.05) is 19.6 Å². The van der Waals surface area contributed by atoms with E-state index in [4.69, 9.17) is 5.73 Å². The first-order valence-electron chi connectivity index (χ1n) is 6.68. The molecule has 2 N–H and O–H groups in total. The zero-order valence-corrected chi connectivity index (χ0v) is 12.4. The highest BCUT2D eigenvalue weighted by Gasteiger charge is 2.33. The van der Waals surface area contributed by atoms with E-state index in [2.05, 4.69) is 13.8 Å². The van der Waals surface area contributed by atoms with Crippen molar-refractivity contribution in [3.05, 3.63) is 35.4 Å². The van der Waals surface area contributed by atoms with E-state index in [0.29, 0.717) is 31.5 Å². The van der Waals surface area contributed by atoms with Gasteiger partial charge >= 0.3 is 0 Å². The molecule has 2 atom stereocenters. The van der Waals surface area contributed by atoms with Crippen LogP contribution in [-0.4, -0.2) is 25.8 Å². The molecule has 1 aliphatic heterocycles. The second-order valence-corrected chi connectivity index (χ2v) is 7.52. The van der Waals surface area contributed by atoms with Crippen molar-refractivity contribution >= 4 is 10.0 Å². The lowest BCUT2D eigenvalue weighted by molar-refractivity contribution is 0.462. The maximum atomic E-state index is 12.4. The third-order valence-electron chi connectivity index (χ3n) is 3.92. The molecule has 5 heteroatoms.